The first-order valence-electron chi connectivity index (χ1n) is 7.49. The van der Waals surface area contributed by atoms with Crippen molar-refractivity contribution < 1.29 is 9.72 Å². The number of thiophene rings is 2. The largest absolute Gasteiger partial charge is 0.352 e. The van der Waals surface area contributed by atoms with E-state index in [9.17, 15) is 14.9 Å². The van der Waals surface area contributed by atoms with Crippen molar-refractivity contribution >= 4 is 38.6 Å². The summed E-state index contributed by atoms with van der Waals surface area (Å²) in [7, 11) is 0. The normalized spacial score (nSPS) is 22.7. The number of nitrogens with zero attached hydrogens (tertiary/aromatic N) is 1. The van der Waals surface area contributed by atoms with Gasteiger partial charge in [0.2, 0.25) is 0 Å². The van der Waals surface area contributed by atoms with E-state index >= 15 is 0 Å². The SMILES string of the molecule is C[C@@H]1CCc2c(sc3c2C(=O)N[C@@H](c2ccc([N+](=O)[O-])s2)N3)C1. The lowest BCUT2D eigenvalue weighted by atomic mass is 9.88. The number of amides is 1. The highest BCUT2D eigenvalue weighted by molar-refractivity contribution is 7.17. The lowest BCUT2D eigenvalue weighted by molar-refractivity contribution is -0.380. The van der Waals surface area contributed by atoms with Gasteiger partial charge in [0.1, 0.15) is 11.2 Å². The second kappa shape index (κ2) is 5.31. The Bertz CT molecular complexity index is 811. The van der Waals surface area contributed by atoms with Crippen molar-refractivity contribution in [3.8, 4) is 0 Å². The third-order valence-corrected chi connectivity index (χ3v) is 6.65. The standard InChI is InChI=1S/C15H15N3O3S2/c1-7-2-3-8-10(6-7)23-15-12(8)14(19)16-13(17-15)9-4-5-11(22-9)18(20)21/h4-5,7,13,17H,2-3,6H2,1H3,(H,16,19)/t7-,13-/m1/s1. The quantitative estimate of drug-likeness (QED) is 0.639. The van der Waals surface area contributed by atoms with Gasteiger partial charge in [0, 0.05) is 10.9 Å². The highest BCUT2D eigenvalue weighted by atomic mass is 32.1. The Balaban J connectivity index is 1.67. The minimum Gasteiger partial charge on any atom is -0.352 e. The number of carbonyl (C=O) groups is 1. The van der Waals surface area contributed by atoms with Gasteiger partial charge in [-0.05, 0) is 36.8 Å². The molecule has 2 aliphatic rings. The van der Waals surface area contributed by atoms with E-state index < -0.39 is 11.1 Å². The molecule has 1 amide bonds. The number of carbonyl (C=O) groups excluding carboxylic acids is 1. The second-order valence-corrected chi connectivity index (χ2v) is 8.24. The number of hydrogen-bond acceptors (Lipinski definition) is 6. The fourth-order valence-corrected chi connectivity index (χ4v) is 5.46. The Morgan fingerprint density at radius 1 is 1.30 bits per heavy atom. The van der Waals surface area contributed by atoms with Crippen LogP contribution in [0, 0.1) is 16.0 Å². The number of anilines is 1. The van der Waals surface area contributed by atoms with E-state index in [0.717, 1.165) is 46.0 Å². The van der Waals surface area contributed by atoms with Crippen LogP contribution in [-0.4, -0.2) is 10.8 Å². The van der Waals surface area contributed by atoms with Crippen LogP contribution in [-0.2, 0) is 12.8 Å². The zero-order valence-electron chi connectivity index (χ0n) is 12.4. The first-order chi connectivity index (χ1) is 11.0. The molecule has 120 valence electrons. The summed E-state index contributed by atoms with van der Waals surface area (Å²) >= 11 is 2.74. The Kier molecular flexibility index (Phi) is 3.38. The third-order valence-electron chi connectivity index (χ3n) is 4.37. The maximum Gasteiger partial charge on any atom is 0.324 e. The van der Waals surface area contributed by atoms with E-state index in [-0.39, 0.29) is 10.9 Å². The summed E-state index contributed by atoms with van der Waals surface area (Å²) < 4.78 is 0. The van der Waals surface area contributed by atoms with Gasteiger partial charge in [0.15, 0.2) is 0 Å². The van der Waals surface area contributed by atoms with Crippen molar-refractivity contribution in [3.05, 3.63) is 43.1 Å². The van der Waals surface area contributed by atoms with Crippen molar-refractivity contribution in [1.29, 1.82) is 0 Å². The van der Waals surface area contributed by atoms with Crippen LogP contribution in [0.1, 0.15) is 45.2 Å². The molecule has 6 nitrogen and oxygen atoms in total. The maximum absolute atomic E-state index is 12.6. The van der Waals surface area contributed by atoms with Crippen molar-refractivity contribution in [2.24, 2.45) is 5.92 Å². The molecule has 0 unspecified atom stereocenters. The molecule has 1 aliphatic carbocycles. The minimum absolute atomic E-state index is 0.0770. The van der Waals surface area contributed by atoms with Crippen molar-refractivity contribution in [3.63, 3.8) is 0 Å². The van der Waals surface area contributed by atoms with Gasteiger partial charge in [-0.3, -0.25) is 14.9 Å². The van der Waals surface area contributed by atoms with E-state index in [1.54, 1.807) is 17.4 Å². The summed E-state index contributed by atoms with van der Waals surface area (Å²) in [6, 6.07) is 3.17. The van der Waals surface area contributed by atoms with E-state index in [2.05, 4.69) is 17.6 Å². The minimum atomic E-state index is -0.407. The summed E-state index contributed by atoms with van der Waals surface area (Å²) in [4.78, 5) is 25.0. The Morgan fingerprint density at radius 3 is 2.87 bits per heavy atom. The molecule has 0 saturated carbocycles. The predicted molar refractivity (Wildman–Crippen MR) is 90.3 cm³/mol. The molecule has 0 radical (unpaired) electrons. The zero-order valence-corrected chi connectivity index (χ0v) is 14.1. The average molecular weight is 349 g/mol. The summed E-state index contributed by atoms with van der Waals surface area (Å²) in [6.07, 6.45) is 2.69. The monoisotopic (exact) mass is 349 g/mol. The van der Waals surface area contributed by atoms with E-state index in [1.807, 2.05) is 0 Å². The summed E-state index contributed by atoms with van der Waals surface area (Å²) in [5.74, 6) is 0.577. The van der Waals surface area contributed by atoms with Crippen LogP contribution in [0.15, 0.2) is 12.1 Å². The fourth-order valence-electron chi connectivity index (χ4n) is 3.20. The number of nitrogens with one attached hydrogen (secondary N) is 2. The molecular formula is C15H15N3O3S2. The molecule has 2 N–H and O–H groups in total. The highest BCUT2D eigenvalue weighted by Crippen LogP contribution is 2.43. The molecule has 0 bridgehead atoms. The van der Waals surface area contributed by atoms with Crippen LogP contribution in [0.2, 0.25) is 0 Å². The maximum atomic E-state index is 12.6. The smallest absolute Gasteiger partial charge is 0.324 e. The second-order valence-electron chi connectivity index (χ2n) is 6.04. The first-order valence-corrected chi connectivity index (χ1v) is 9.12. The molecule has 0 spiro atoms. The number of fused-ring (bicyclic) bond motifs is 3. The molecule has 2 atom stereocenters. The van der Waals surface area contributed by atoms with E-state index in [1.165, 1.54) is 16.5 Å². The number of hydrogen-bond donors (Lipinski definition) is 2. The Morgan fingerprint density at radius 2 is 2.13 bits per heavy atom. The molecule has 0 fully saturated rings. The van der Waals surface area contributed by atoms with Crippen molar-refractivity contribution in [2.45, 2.75) is 32.4 Å². The van der Waals surface area contributed by atoms with Gasteiger partial charge in [-0.25, -0.2) is 0 Å². The van der Waals surface area contributed by atoms with Gasteiger partial charge in [0.05, 0.1) is 15.4 Å². The first kappa shape index (κ1) is 14.6. The number of rotatable bonds is 2. The van der Waals surface area contributed by atoms with Gasteiger partial charge >= 0.3 is 5.00 Å². The van der Waals surface area contributed by atoms with Crippen LogP contribution in [0.3, 0.4) is 0 Å². The van der Waals surface area contributed by atoms with E-state index in [0.29, 0.717) is 5.92 Å². The lowest BCUT2D eigenvalue weighted by Gasteiger charge is -2.25. The highest BCUT2D eigenvalue weighted by Gasteiger charge is 2.33. The summed E-state index contributed by atoms with van der Waals surface area (Å²) in [5, 5.41) is 18.1. The summed E-state index contributed by atoms with van der Waals surface area (Å²) in [6.45, 7) is 2.24. The van der Waals surface area contributed by atoms with Crippen molar-refractivity contribution in [2.75, 3.05) is 5.32 Å². The van der Waals surface area contributed by atoms with Gasteiger partial charge in [-0.1, -0.05) is 18.3 Å². The molecule has 1 aliphatic heterocycles. The number of nitro groups is 1. The molecule has 0 saturated heterocycles. The predicted octanol–water partition coefficient (Wildman–Crippen LogP) is 3.70. The van der Waals surface area contributed by atoms with Crippen LogP contribution in [0.5, 0.6) is 0 Å². The molecule has 23 heavy (non-hydrogen) atoms. The molecule has 2 aromatic rings. The molecule has 3 heterocycles. The van der Waals surface area contributed by atoms with Gasteiger partial charge in [-0.2, -0.15) is 0 Å². The molecule has 0 aromatic carbocycles. The molecule has 2 aromatic heterocycles. The van der Waals surface area contributed by atoms with Crippen LogP contribution in [0.4, 0.5) is 10.0 Å². The van der Waals surface area contributed by atoms with Crippen LogP contribution >= 0.6 is 22.7 Å². The Labute approximate surface area is 140 Å². The molecule has 8 heteroatoms. The van der Waals surface area contributed by atoms with Gasteiger partial charge in [-0.15, -0.1) is 11.3 Å². The van der Waals surface area contributed by atoms with E-state index in [4.69, 9.17) is 0 Å². The van der Waals surface area contributed by atoms with Crippen LogP contribution < -0.4 is 10.6 Å². The zero-order chi connectivity index (χ0) is 16.1. The average Bonchev–Trinajstić information content (AvgIpc) is 3.10. The summed E-state index contributed by atoms with van der Waals surface area (Å²) in [5.41, 5.74) is 1.96. The van der Waals surface area contributed by atoms with Crippen molar-refractivity contribution in [1.82, 2.24) is 5.32 Å². The fraction of sp³-hybridized carbons (Fsp3) is 0.400. The molecular weight excluding hydrogens is 334 g/mol. The van der Waals surface area contributed by atoms with Gasteiger partial charge in [0.25, 0.3) is 5.91 Å². The third kappa shape index (κ3) is 2.42. The van der Waals surface area contributed by atoms with Crippen LogP contribution in [0.25, 0.3) is 0 Å². The van der Waals surface area contributed by atoms with Gasteiger partial charge < -0.3 is 10.6 Å². The molecule has 4 rings (SSSR count). The lowest BCUT2D eigenvalue weighted by Crippen LogP contribution is -2.37. The topological polar surface area (TPSA) is 84.3 Å². The Hall–Kier alpha value is -1.93.